The predicted molar refractivity (Wildman–Crippen MR) is 94.7 cm³/mol. The van der Waals surface area contributed by atoms with Gasteiger partial charge in [-0.15, -0.1) is 0 Å². The van der Waals surface area contributed by atoms with Crippen LogP contribution in [0.2, 0.25) is 5.02 Å². The lowest BCUT2D eigenvalue weighted by Crippen LogP contribution is -2.25. The van der Waals surface area contributed by atoms with E-state index in [4.69, 9.17) is 21.1 Å². The molecule has 1 N–H and O–H groups in total. The number of rotatable bonds is 6. The van der Waals surface area contributed by atoms with Crippen molar-refractivity contribution in [2.45, 2.75) is 33.8 Å². The number of ketones is 1. The number of aryl methyl sites for hydroxylation is 1. The summed E-state index contributed by atoms with van der Waals surface area (Å²) < 4.78 is 10.2. The summed E-state index contributed by atoms with van der Waals surface area (Å²) in [6, 6.07) is 2.87. The van der Waals surface area contributed by atoms with Gasteiger partial charge in [0.05, 0.1) is 17.9 Å². The Hall–Kier alpha value is -2.67. The normalized spacial score (nSPS) is 11.7. The molecule has 2 aromatic heterocycles. The number of pyridine rings is 1. The molecule has 138 valence electrons. The second-order valence-electron chi connectivity index (χ2n) is 5.62. The molecule has 2 heterocycles. The number of aromatic nitrogens is 2. The Balaban J connectivity index is 2.19. The summed E-state index contributed by atoms with van der Waals surface area (Å²) in [4.78, 5) is 43.5. The van der Waals surface area contributed by atoms with E-state index in [-0.39, 0.29) is 18.0 Å². The zero-order valence-corrected chi connectivity index (χ0v) is 15.6. The summed E-state index contributed by atoms with van der Waals surface area (Å²) in [5, 5.41) is 0.334. The van der Waals surface area contributed by atoms with Crippen molar-refractivity contribution in [1.29, 1.82) is 0 Å². The summed E-state index contributed by atoms with van der Waals surface area (Å²) in [5.41, 5.74) is 1.48. The number of carbonyl (C=O) groups excluding carboxylic acids is 3. The van der Waals surface area contributed by atoms with Gasteiger partial charge in [0.15, 0.2) is 6.10 Å². The first kappa shape index (κ1) is 19.7. The fourth-order valence-electron chi connectivity index (χ4n) is 2.50. The Bertz CT molecular complexity index is 859. The molecule has 0 aromatic carbocycles. The first-order chi connectivity index (χ1) is 12.3. The molecule has 1 atom stereocenters. The van der Waals surface area contributed by atoms with E-state index in [0.717, 1.165) is 0 Å². The van der Waals surface area contributed by atoms with Gasteiger partial charge in [-0.25, -0.2) is 14.6 Å². The zero-order chi connectivity index (χ0) is 19.4. The van der Waals surface area contributed by atoms with Gasteiger partial charge in [-0.2, -0.15) is 0 Å². The van der Waals surface area contributed by atoms with E-state index in [9.17, 15) is 14.4 Å². The Morgan fingerprint density at radius 1 is 1.27 bits per heavy atom. The van der Waals surface area contributed by atoms with E-state index in [1.54, 1.807) is 20.8 Å². The molecule has 0 saturated heterocycles. The van der Waals surface area contributed by atoms with Crippen LogP contribution in [0.15, 0.2) is 18.3 Å². The van der Waals surface area contributed by atoms with E-state index in [1.807, 2.05) is 0 Å². The van der Waals surface area contributed by atoms with Crippen LogP contribution in [0.25, 0.3) is 0 Å². The quantitative estimate of drug-likeness (QED) is 0.611. The molecule has 8 heteroatoms. The van der Waals surface area contributed by atoms with Crippen molar-refractivity contribution >= 4 is 29.3 Å². The highest BCUT2D eigenvalue weighted by atomic mass is 35.5. The van der Waals surface area contributed by atoms with E-state index in [0.29, 0.717) is 21.8 Å². The third-order valence-corrected chi connectivity index (χ3v) is 3.98. The van der Waals surface area contributed by atoms with Crippen LogP contribution in [0.4, 0.5) is 0 Å². The monoisotopic (exact) mass is 378 g/mol. The maximum Gasteiger partial charge on any atom is 0.357 e. The van der Waals surface area contributed by atoms with Crippen molar-refractivity contribution in [3.05, 3.63) is 51.6 Å². The van der Waals surface area contributed by atoms with E-state index in [2.05, 4.69) is 9.97 Å². The molecule has 0 fully saturated rings. The topological polar surface area (TPSA) is 98.4 Å². The molecule has 0 amide bonds. The van der Waals surface area contributed by atoms with Gasteiger partial charge in [0.1, 0.15) is 5.69 Å². The van der Waals surface area contributed by atoms with Gasteiger partial charge in [-0.3, -0.25) is 4.79 Å². The maximum atomic E-state index is 12.6. The van der Waals surface area contributed by atoms with Crippen LogP contribution in [0.1, 0.15) is 56.4 Å². The fraction of sp³-hybridized carbons (Fsp3) is 0.333. The summed E-state index contributed by atoms with van der Waals surface area (Å²) in [7, 11) is 0. The van der Waals surface area contributed by atoms with Gasteiger partial charge >= 0.3 is 11.9 Å². The summed E-state index contributed by atoms with van der Waals surface area (Å²) >= 11 is 5.82. The Labute approximate surface area is 155 Å². The minimum atomic E-state index is -1.07. The van der Waals surface area contributed by atoms with Crippen molar-refractivity contribution in [1.82, 2.24) is 9.97 Å². The smallest absolute Gasteiger partial charge is 0.357 e. The first-order valence-corrected chi connectivity index (χ1v) is 8.37. The highest BCUT2D eigenvalue weighted by Gasteiger charge is 2.28. The fourth-order valence-corrected chi connectivity index (χ4v) is 2.66. The number of H-pyrrole nitrogens is 1. The van der Waals surface area contributed by atoms with E-state index in [1.165, 1.54) is 25.3 Å². The molecule has 0 spiro atoms. The van der Waals surface area contributed by atoms with Gasteiger partial charge in [-0.1, -0.05) is 11.6 Å². The second kappa shape index (κ2) is 8.14. The van der Waals surface area contributed by atoms with Crippen molar-refractivity contribution in [3.8, 4) is 0 Å². The standard InChI is InChI=1S/C18H19ClN2O5/c1-5-25-18(24)14-9(2)15(21-10(14)3)16(22)11(4)26-17(23)13-8-12(19)6-7-20-13/h6-8,11,21H,5H2,1-4H3/t11-/m0/s1. The zero-order valence-electron chi connectivity index (χ0n) is 14.9. The van der Waals surface area contributed by atoms with Gasteiger partial charge in [0.2, 0.25) is 5.78 Å². The maximum absolute atomic E-state index is 12.6. The predicted octanol–water partition coefficient (Wildman–Crippen LogP) is 3.28. The molecule has 2 rings (SSSR count). The lowest BCUT2D eigenvalue weighted by Gasteiger charge is -2.12. The first-order valence-electron chi connectivity index (χ1n) is 7.99. The van der Waals surface area contributed by atoms with Gasteiger partial charge in [-0.05, 0) is 45.4 Å². The van der Waals surface area contributed by atoms with Gasteiger partial charge in [0.25, 0.3) is 0 Å². The lowest BCUT2D eigenvalue weighted by atomic mass is 10.1. The minimum absolute atomic E-state index is 0.00347. The van der Waals surface area contributed by atoms with Crippen LogP contribution in [0, 0.1) is 13.8 Å². The van der Waals surface area contributed by atoms with E-state index >= 15 is 0 Å². The molecular weight excluding hydrogens is 360 g/mol. The number of carbonyl (C=O) groups is 3. The number of halogens is 1. The summed E-state index contributed by atoms with van der Waals surface area (Å²) in [6.07, 6.45) is 0.297. The van der Waals surface area contributed by atoms with Crippen molar-refractivity contribution in [2.75, 3.05) is 6.61 Å². The van der Waals surface area contributed by atoms with Crippen LogP contribution in [-0.2, 0) is 9.47 Å². The number of Topliss-reactive ketones (excluding diaryl/α,β-unsaturated/α-hetero) is 1. The average Bonchev–Trinajstić information content (AvgIpc) is 2.88. The molecule has 26 heavy (non-hydrogen) atoms. The molecule has 0 saturated carbocycles. The number of esters is 2. The number of nitrogens with zero attached hydrogens (tertiary/aromatic N) is 1. The Morgan fingerprint density at radius 3 is 2.58 bits per heavy atom. The summed E-state index contributed by atoms with van der Waals surface area (Å²) in [6.45, 7) is 6.68. The van der Waals surface area contributed by atoms with Crippen molar-refractivity contribution in [2.24, 2.45) is 0 Å². The molecule has 0 bridgehead atoms. The van der Waals surface area contributed by atoms with Crippen LogP contribution in [-0.4, -0.2) is 40.4 Å². The van der Waals surface area contributed by atoms with Gasteiger partial charge in [0, 0.05) is 16.9 Å². The Morgan fingerprint density at radius 2 is 1.96 bits per heavy atom. The summed E-state index contributed by atoms with van der Waals surface area (Å²) in [5.74, 6) is -1.73. The number of ether oxygens (including phenoxy) is 2. The number of nitrogens with one attached hydrogen (secondary N) is 1. The average molecular weight is 379 g/mol. The molecule has 0 unspecified atom stereocenters. The molecule has 7 nitrogen and oxygen atoms in total. The molecular formula is C18H19ClN2O5. The van der Waals surface area contributed by atoms with Crippen molar-refractivity contribution < 1.29 is 23.9 Å². The van der Waals surface area contributed by atoms with Crippen LogP contribution in [0.3, 0.4) is 0 Å². The molecule has 2 aromatic rings. The Kier molecular flexibility index (Phi) is 6.15. The largest absolute Gasteiger partial charge is 0.462 e. The number of hydrogen-bond acceptors (Lipinski definition) is 6. The molecule has 0 aliphatic rings. The third kappa shape index (κ3) is 4.11. The highest BCUT2D eigenvalue weighted by molar-refractivity contribution is 6.30. The van der Waals surface area contributed by atoms with Crippen LogP contribution in [0.5, 0.6) is 0 Å². The minimum Gasteiger partial charge on any atom is -0.462 e. The SMILES string of the molecule is CCOC(=O)c1c(C)[nH]c(C(=O)[C@H](C)OC(=O)c2cc(Cl)ccn2)c1C. The molecule has 0 aliphatic heterocycles. The van der Waals surface area contributed by atoms with Gasteiger partial charge < -0.3 is 14.5 Å². The second-order valence-corrected chi connectivity index (χ2v) is 6.05. The van der Waals surface area contributed by atoms with E-state index < -0.39 is 23.8 Å². The number of hydrogen-bond donors (Lipinski definition) is 1. The highest BCUT2D eigenvalue weighted by Crippen LogP contribution is 2.21. The lowest BCUT2D eigenvalue weighted by molar-refractivity contribution is 0.0311. The van der Waals surface area contributed by atoms with Crippen molar-refractivity contribution in [3.63, 3.8) is 0 Å². The molecule has 0 radical (unpaired) electrons. The van der Waals surface area contributed by atoms with Crippen LogP contribution < -0.4 is 0 Å². The number of aromatic amines is 1. The van der Waals surface area contributed by atoms with Crippen LogP contribution >= 0.6 is 11.6 Å². The molecule has 0 aliphatic carbocycles. The third-order valence-electron chi connectivity index (χ3n) is 3.75.